The van der Waals surface area contributed by atoms with Crippen molar-refractivity contribution in [1.29, 1.82) is 0 Å². The van der Waals surface area contributed by atoms with Crippen LogP contribution < -0.4 is 5.32 Å². The Balaban J connectivity index is 2.34. The van der Waals surface area contributed by atoms with Gasteiger partial charge in [0.25, 0.3) is 0 Å². The van der Waals surface area contributed by atoms with Gasteiger partial charge in [0.2, 0.25) is 0 Å². The maximum Gasteiger partial charge on any atom is 0.308 e. The van der Waals surface area contributed by atoms with Gasteiger partial charge in [-0.05, 0) is 19.1 Å². The number of aryl methyl sites for hydroxylation is 1. The van der Waals surface area contributed by atoms with E-state index < -0.39 is 12.1 Å². The largest absolute Gasteiger partial charge is 0.469 e. The van der Waals surface area contributed by atoms with Crippen LogP contribution in [0.15, 0.2) is 24.3 Å². The van der Waals surface area contributed by atoms with E-state index in [1.165, 1.54) is 12.7 Å². The molecule has 0 spiro atoms. The average Bonchev–Trinajstić information content (AvgIpc) is 2.28. The summed E-state index contributed by atoms with van der Waals surface area (Å²) in [4.78, 5) is 10.9. The number of esters is 1. The summed E-state index contributed by atoms with van der Waals surface area (Å²) in [5, 5.41) is 12.5. The van der Waals surface area contributed by atoms with Crippen molar-refractivity contribution in [2.24, 2.45) is 0 Å². The van der Waals surface area contributed by atoms with E-state index in [0.29, 0.717) is 6.54 Å². The second-order valence-corrected chi connectivity index (χ2v) is 3.68. The van der Waals surface area contributed by atoms with Crippen LogP contribution >= 0.6 is 0 Å². The van der Waals surface area contributed by atoms with Crippen molar-refractivity contribution in [3.63, 3.8) is 0 Å². The summed E-state index contributed by atoms with van der Waals surface area (Å²) >= 11 is 0. The summed E-state index contributed by atoms with van der Waals surface area (Å²) in [6, 6.07) is 7.82. The molecule has 0 bridgehead atoms. The lowest BCUT2D eigenvalue weighted by molar-refractivity contribution is -0.142. The third-order valence-corrected chi connectivity index (χ3v) is 2.22. The zero-order valence-electron chi connectivity index (χ0n) is 9.56. The van der Waals surface area contributed by atoms with E-state index in [4.69, 9.17) is 0 Å². The number of carbonyl (C=O) groups is 1. The molecule has 0 saturated carbocycles. The van der Waals surface area contributed by atoms with Gasteiger partial charge in [0.05, 0.1) is 19.6 Å². The summed E-state index contributed by atoms with van der Waals surface area (Å²) in [7, 11) is 1.31. The Morgan fingerprint density at radius 3 is 2.62 bits per heavy atom. The fourth-order valence-electron chi connectivity index (χ4n) is 1.25. The lowest BCUT2D eigenvalue weighted by atomic mass is 10.2. The van der Waals surface area contributed by atoms with Gasteiger partial charge in [0.1, 0.15) is 0 Å². The van der Waals surface area contributed by atoms with Crippen molar-refractivity contribution in [2.45, 2.75) is 19.4 Å². The lowest BCUT2D eigenvalue weighted by Crippen LogP contribution is -2.23. The fourth-order valence-corrected chi connectivity index (χ4v) is 1.25. The van der Waals surface area contributed by atoms with Crippen molar-refractivity contribution in [3.05, 3.63) is 29.8 Å². The predicted molar refractivity (Wildman–Crippen MR) is 62.3 cm³/mol. The van der Waals surface area contributed by atoms with Crippen LogP contribution in [0, 0.1) is 6.92 Å². The number of nitrogens with one attached hydrogen (secondary N) is 1. The van der Waals surface area contributed by atoms with Crippen LogP contribution in [0.5, 0.6) is 0 Å². The van der Waals surface area contributed by atoms with Gasteiger partial charge in [-0.25, -0.2) is 0 Å². The van der Waals surface area contributed by atoms with Crippen LogP contribution in [-0.4, -0.2) is 30.8 Å². The quantitative estimate of drug-likeness (QED) is 0.739. The summed E-state index contributed by atoms with van der Waals surface area (Å²) in [5.41, 5.74) is 2.11. The zero-order valence-corrected chi connectivity index (χ0v) is 9.56. The molecule has 0 radical (unpaired) electrons. The molecule has 88 valence electrons. The molecule has 1 atom stereocenters. The third-order valence-electron chi connectivity index (χ3n) is 2.22. The summed E-state index contributed by atoms with van der Waals surface area (Å²) in [6.45, 7) is 2.34. The molecule has 1 rings (SSSR count). The Morgan fingerprint density at radius 1 is 1.44 bits per heavy atom. The molecule has 0 heterocycles. The van der Waals surface area contributed by atoms with Gasteiger partial charge in [-0.1, -0.05) is 17.7 Å². The minimum atomic E-state index is -0.728. The van der Waals surface area contributed by atoms with Crippen molar-refractivity contribution < 1.29 is 14.6 Å². The van der Waals surface area contributed by atoms with E-state index in [9.17, 15) is 9.90 Å². The van der Waals surface area contributed by atoms with Gasteiger partial charge in [0, 0.05) is 12.2 Å². The Hall–Kier alpha value is -1.55. The number of aliphatic hydroxyl groups is 1. The molecule has 2 N–H and O–H groups in total. The van der Waals surface area contributed by atoms with Crippen molar-refractivity contribution in [3.8, 4) is 0 Å². The summed E-state index contributed by atoms with van der Waals surface area (Å²) in [5.74, 6) is -0.404. The third kappa shape index (κ3) is 4.31. The summed E-state index contributed by atoms with van der Waals surface area (Å²) < 4.78 is 4.46. The van der Waals surface area contributed by atoms with Crippen LogP contribution in [-0.2, 0) is 9.53 Å². The van der Waals surface area contributed by atoms with E-state index in [1.807, 2.05) is 31.2 Å². The van der Waals surface area contributed by atoms with Crippen LogP contribution in [0.4, 0.5) is 5.69 Å². The molecule has 1 aromatic rings. The van der Waals surface area contributed by atoms with Crippen molar-refractivity contribution in [1.82, 2.24) is 0 Å². The Labute approximate surface area is 95.2 Å². The molecular formula is C12H17NO3. The molecule has 0 amide bonds. The monoisotopic (exact) mass is 223 g/mol. The molecule has 0 aliphatic rings. The highest BCUT2D eigenvalue weighted by atomic mass is 16.5. The number of ether oxygens (including phenoxy) is 1. The number of anilines is 1. The number of hydrogen-bond acceptors (Lipinski definition) is 4. The number of rotatable bonds is 5. The lowest BCUT2D eigenvalue weighted by Gasteiger charge is -2.11. The first kappa shape index (κ1) is 12.5. The van der Waals surface area contributed by atoms with Gasteiger partial charge >= 0.3 is 5.97 Å². The molecule has 4 nitrogen and oxygen atoms in total. The smallest absolute Gasteiger partial charge is 0.308 e. The molecule has 16 heavy (non-hydrogen) atoms. The van der Waals surface area contributed by atoms with Crippen molar-refractivity contribution in [2.75, 3.05) is 19.0 Å². The van der Waals surface area contributed by atoms with E-state index >= 15 is 0 Å². The molecule has 0 aromatic heterocycles. The molecule has 1 aromatic carbocycles. The van der Waals surface area contributed by atoms with Crippen LogP contribution in [0.25, 0.3) is 0 Å². The Morgan fingerprint density at radius 2 is 2.06 bits per heavy atom. The number of carbonyl (C=O) groups excluding carboxylic acids is 1. The highest BCUT2D eigenvalue weighted by Gasteiger charge is 2.10. The normalized spacial score (nSPS) is 11.9. The maximum atomic E-state index is 10.9. The highest BCUT2D eigenvalue weighted by Crippen LogP contribution is 2.08. The molecule has 4 heteroatoms. The first-order valence-corrected chi connectivity index (χ1v) is 5.17. The fraction of sp³-hybridized carbons (Fsp3) is 0.417. The first-order chi connectivity index (χ1) is 7.61. The number of hydrogen-bond donors (Lipinski definition) is 2. The molecule has 1 unspecified atom stereocenters. The maximum absolute atomic E-state index is 10.9. The van der Waals surface area contributed by atoms with Gasteiger partial charge in [-0.3, -0.25) is 4.79 Å². The molecule has 0 aliphatic heterocycles. The van der Waals surface area contributed by atoms with Gasteiger partial charge in [0.15, 0.2) is 0 Å². The number of benzene rings is 1. The predicted octanol–water partition coefficient (Wildman–Crippen LogP) is 1.33. The number of aliphatic hydroxyl groups excluding tert-OH is 1. The number of methoxy groups -OCH3 is 1. The minimum Gasteiger partial charge on any atom is -0.469 e. The van der Waals surface area contributed by atoms with E-state index in [1.54, 1.807) is 0 Å². The SMILES string of the molecule is COC(=O)CC(O)CNc1ccc(C)cc1. The molecule has 0 saturated heterocycles. The van der Waals surface area contributed by atoms with Gasteiger partial charge < -0.3 is 15.2 Å². The zero-order chi connectivity index (χ0) is 12.0. The van der Waals surface area contributed by atoms with E-state index in [-0.39, 0.29) is 6.42 Å². The van der Waals surface area contributed by atoms with E-state index in [0.717, 1.165) is 5.69 Å². The first-order valence-electron chi connectivity index (χ1n) is 5.17. The van der Waals surface area contributed by atoms with Crippen LogP contribution in [0.1, 0.15) is 12.0 Å². The van der Waals surface area contributed by atoms with Gasteiger partial charge in [-0.15, -0.1) is 0 Å². The Kier molecular flexibility index (Phi) is 4.79. The summed E-state index contributed by atoms with van der Waals surface area (Å²) in [6.07, 6.45) is -0.719. The second-order valence-electron chi connectivity index (χ2n) is 3.68. The average molecular weight is 223 g/mol. The molecule has 0 aliphatic carbocycles. The van der Waals surface area contributed by atoms with Gasteiger partial charge in [-0.2, -0.15) is 0 Å². The standard InChI is InChI=1S/C12H17NO3/c1-9-3-5-10(6-4-9)13-8-11(14)7-12(15)16-2/h3-6,11,13-14H,7-8H2,1-2H3. The van der Waals surface area contributed by atoms with Crippen molar-refractivity contribution >= 4 is 11.7 Å². The van der Waals surface area contributed by atoms with E-state index in [2.05, 4.69) is 10.1 Å². The second kappa shape index (κ2) is 6.12. The highest BCUT2D eigenvalue weighted by molar-refractivity contribution is 5.69. The molecule has 0 fully saturated rings. The van der Waals surface area contributed by atoms with Crippen LogP contribution in [0.2, 0.25) is 0 Å². The topological polar surface area (TPSA) is 58.6 Å². The minimum absolute atomic E-state index is 0.00929. The Bertz CT molecular complexity index is 335. The van der Waals surface area contributed by atoms with Crippen LogP contribution in [0.3, 0.4) is 0 Å². The molecular weight excluding hydrogens is 206 g/mol.